The second kappa shape index (κ2) is 6.39. The highest BCUT2D eigenvalue weighted by atomic mass is 79.9. The zero-order chi connectivity index (χ0) is 13.8. The Hall–Kier alpha value is -1.07. The molecule has 1 aromatic heterocycles. The number of hydrogen-bond acceptors (Lipinski definition) is 4. The Balaban J connectivity index is 2.14. The Kier molecular flexibility index (Phi) is 4.82. The predicted molar refractivity (Wildman–Crippen MR) is 81.8 cm³/mol. The lowest BCUT2D eigenvalue weighted by Gasteiger charge is -2.11. The van der Waals surface area contributed by atoms with E-state index in [4.69, 9.17) is 9.47 Å². The van der Waals surface area contributed by atoms with Gasteiger partial charge in [-0.05, 0) is 31.0 Å². The largest absolute Gasteiger partial charge is 0.493 e. The third-order valence-corrected chi connectivity index (χ3v) is 4.96. The first-order valence-electron chi connectivity index (χ1n) is 5.91. The van der Waals surface area contributed by atoms with Gasteiger partial charge in [-0.3, -0.25) is 0 Å². The number of halogens is 1. The minimum Gasteiger partial charge on any atom is -0.493 e. The summed E-state index contributed by atoms with van der Waals surface area (Å²) in [5, 5.41) is 1.09. The van der Waals surface area contributed by atoms with Gasteiger partial charge in [0.05, 0.1) is 24.1 Å². The van der Waals surface area contributed by atoms with Crippen LogP contribution < -0.4 is 9.47 Å². The van der Waals surface area contributed by atoms with Crippen LogP contribution in [0.4, 0.5) is 0 Å². The summed E-state index contributed by atoms with van der Waals surface area (Å²) in [7, 11) is 3.30. The Morgan fingerprint density at radius 2 is 2.00 bits per heavy atom. The summed E-state index contributed by atoms with van der Waals surface area (Å²) >= 11 is 5.44. The third kappa shape index (κ3) is 3.48. The van der Waals surface area contributed by atoms with Crippen LogP contribution >= 0.6 is 27.3 Å². The smallest absolute Gasteiger partial charge is 0.160 e. The van der Waals surface area contributed by atoms with E-state index in [1.54, 1.807) is 25.6 Å². The Bertz CT molecular complexity index is 556. The molecule has 1 unspecified atom stereocenters. The van der Waals surface area contributed by atoms with Crippen molar-refractivity contribution in [2.75, 3.05) is 14.2 Å². The number of thiazole rings is 1. The first-order chi connectivity index (χ1) is 9.13. The van der Waals surface area contributed by atoms with E-state index in [9.17, 15) is 0 Å². The van der Waals surface area contributed by atoms with Gasteiger partial charge in [0.25, 0.3) is 0 Å². The van der Waals surface area contributed by atoms with Gasteiger partial charge in [-0.15, -0.1) is 11.3 Å². The predicted octanol–water partition coefficient (Wildman–Crippen LogP) is 4.15. The van der Waals surface area contributed by atoms with Gasteiger partial charge in [-0.25, -0.2) is 4.98 Å². The van der Waals surface area contributed by atoms with E-state index in [-0.39, 0.29) is 4.83 Å². The van der Waals surface area contributed by atoms with Gasteiger partial charge >= 0.3 is 0 Å². The molecule has 2 rings (SSSR count). The van der Waals surface area contributed by atoms with Gasteiger partial charge in [0.15, 0.2) is 11.5 Å². The number of aromatic nitrogens is 1. The van der Waals surface area contributed by atoms with Crippen LogP contribution in [0.2, 0.25) is 0 Å². The van der Waals surface area contributed by atoms with Crippen molar-refractivity contribution in [3.05, 3.63) is 39.8 Å². The van der Waals surface area contributed by atoms with Crippen LogP contribution in [0, 0.1) is 6.92 Å². The van der Waals surface area contributed by atoms with E-state index in [0.29, 0.717) is 0 Å². The van der Waals surface area contributed by atoms with Gasteiger partial charge in [0, 0.05) is 11.1 Å². The summed E-state index contributed by atoms with van der Waals surface area (Å²) in [5.41, 5.74) is 1.20. The van der Waals surface area contributed by atoms with Gasteiger partial charge in [-0.1, -0.05) is 22.0 Å². The molecule has 3 nitrogen and oxygen atoms in total. The van der Waals surface area contributed by atoms with Crippen molar-refractivity contribution >= 4 is 27.3 Å². The van der Waals surface area contributed by atoms with Gasteiger partial charge in [-0.2, -0.15) is 0 Å². The molecule has 1 aromatic carbocycles. The molecule has 0 saturated heterocycles. The second-order valence-corrected chi connectivity index (χ2v) is 6.51. The maximum atomic E-state index is 5.32. The van der Waals surface area contributed by atoms with Crippen molar-refractivity contribution in [2.24, 2.45) is 0 Å². The maximum absolute atomic E-state index is 5.32. The number of benzene rings is 1. The lowest BCUT2D eigenvalue weighted by atomic mass is 10.1. The lowest BCUT2D eigenvalue weighted by Crippen LogP contribution is -1.96. The van der Waals surface area contributed by atoms with Crippen LogP contribution in [0.5, 0.6) is 11.5 Å². The summed E-state index contributed by atoms with van der Waals surface area (Å²) in [5.74, 6) is 1.52. The lowest BCUT2D eigenvalue weighted by molar-refractivity contribution is 0.354. The monoisotopic (exact) mass is 341 g/mol. The average Bonchev–Trinajstić information content (AvgIpc) is 2.85. The first-order valence-corrected chi connectivity index (χ1v) is 7.64. The molecular formula is C14H16BrNO2S. The van der Waals surface area contributed by atoms with E-state index in [1.807, 2.05) is 25.3 Å². The van der Waals surface area contributed by atoms with Gasteiger partial charge in [0.1, 0.15) is 0 Å². The SMILES string of the molecule is COc1ccc(CC(Br)c2cnc(C)s2)cc1OC. The first kappa shape index (κ1) is 14.3. The molecule has 2 aromatic rings. The number of alkyl halides is 1. The summed E-state index contributed by atoms with van der Waals surface area (Å²) in [6.07, 6.45) is 2.82. The van der Waals surface area contributed by atoms with E-state index in [1.165, 1.54) is 10.4 Å². The Morgan fingerprint density at radius 3 is 2.58 bits per heavy atom. The van der Waals surface area contributed by atoms with Crippen molar-refractivity contribution in [2.45, 2.75) is 18.2 Å². The molecule has 0 amide bonds. The molecule has 1 heterocycles. The number of rotatable bonds is 5. The minimum absolute atomic E-state index is 0.275. The van der Waals surface area contributed by atoms with E-state index in [2.05, 4.69) is 27.0 Å². The maximum Gasteiger partial charge on any atom is 0.160 e. The minimum atomic E-state index is 0.275. The van der Waals surface area contributed by atoms with Crippen LogP contribution in [0.15, 0.2) is 24.4 Å². The number of methoxy groups -OCH3 is 2. The fourth-order valence-corrected chi connectivity index (χ4v) is 3.37. The van der Waals surface area contributed by atoms with Crippen LogP contribution in [0.25, 0.3) is 0 Å². The molecular weight excluding hydrogens is 326 g/mol. The molecule has 0 aliphatic carbocycles. The van der Waals surface area contributed by atoms with Crippen molar-refractivity contribution < 1.29 is 9.47 Å². The molecule has 1 atom stereocenters. The molecule has 0 spiro atoms. The van der Waals surface area contributed by atoms with Crippen LogP contribution in [0.1, 0.15) is 20.3 Å². The van der Waals surface area contributed by atoms with Crippen molar-refractivity contribution in [3.63, 3.8) is 0 Å². The third-order valence-electron chi connectivity index (χ3n) is 2.81. The number of hydrogen-bond donors (Lipinski definition) is 0. The van der Waals surface area contributed by atoms with Crippen LogP contribution in [-0.4, -0.2) is 19.2 Å². The van der Waals surface area contributed by atoms with E-state index < -0.39 is 0 Å². The quantitative estimate of drug-likeness (QED) is 0.765. The molecule has 0 bridgehead atoms. The van der Waals surface area contributed by atoms with Crippen molar-refractivity contribution in [1.82, 2.24) is 4.98 Å². The van der Waals surface area contributed by atoms with Crippen molar-refractivity contribution in [1.29, 1.82) is 0 Å². The fraction of sp³-hybridized carbons (Fsp3) is 0.357. The fourth-order valence-electron chi connectivity index (χ4n) is 1.84. The second-order valence-electron chi connectivity index (χ2n) is 4.14. The molecule has 19 heavy (non-hydrogen) atoms. The summed E-state index contributed by atoms with van der Waals surface area (Å²) in [6, 6.07) is 6.01. The molecule has 0 aliphatic heterocycles. The normalized spacial score (nSPS) is 12.2. The molecule has 0 N–H and O–H groups in total. The van der Waals surface area contributed by atoms with Gasteiger partial charge < -0.3 is 9.47 Å². The van der Waals surface area contributed by atoms with Gasteiger partial charge in [0.2, 0.25) is 0 Å². The number of aryl methyl sites for hydroxylation is 1. The molecule has 5 heteroatoms. The highest BCUT2D eigenvalue weighted by Gasteiger charge is 2.13. The summed E-state index contributed by atoms with van der Waals surface area (Å²) in [4.78, 5) is 5.80. The van der Waals surface area contributed by atoms with E-state index >= 15 is 0 Å². The average molecular weight is 342 g/mol. The molecule has 0 fully saturated rings. The molecule has 0 radical (unpaired) electrons. The standard InChI is InChI=1S/C14H16BrNO2S/c1-9-16-8-14(19-9)11(15)6-10-4-5-12(17-2)13(7-10)18-3/h4-5,7-8,11H,6H2,1-3H3. The number of nitrogens with zero attached hydrogens (tertiary/aromatic N) is 1. The van der Waals surface area contributed by atoms with Crippen molar-refractivity contribution in [3.8, 4) is 11.5 Å². The highest BCUT2D eigenvalue weighted by Crippen LogP contribution is 2.34. The Morgan fingerprint density at radius 1 is 1.26 bits per heavy atom. The summed E-state index contributed by atoms with van der Waals surface area (Å²) in [6.45, 7) is 2.02. The van der Waals surface area contributed by atoms with Crippen LogP contribution in [-0.2, 0) is 6.42 Å². The molecule has 102 valence electrons. The molecule has 0 saturated carbocycles. The highest BCUT2D eigenvalue weighted by molar-refractivity contribution is 9.09. The Labute approximate surface area is 125 Å². The zero-order valence-corrected chi connectivity index (χ0v) is 13.5. The van der Waals surface area contributed by atoms with E-state index in [0.717, 1.165) is 22.9 Å². The summed E-state index contributed by atoms with van der Waals surface area (Å²) < 4.78 is 10.6. The number of ether oxygens (including phenoxy) is 2. The molecule has 0 aliphatic rings. The van der Waals surface area contributed by atoms with Crippen LogP contribution in [0.3, 0.4) is 0 Å². The zero-order valence-electron chi connectivity index (χ0n) is 11.1. The topological polar surface area (TPSA) is 31.4 Å².